The van der Waals surface area contributed by atoms with Crippen LogP contribution in [0.1, 0.15) is 37.2 Å². The summed E-state index contributed by atoms with van der Waals surface area (Å²) in [6, 6.07) is 0. The molecular formula is C15H27N5. The molecule has 1 N–H and O–H groups in total. The summed E-state index contributed by atoms with van der Waals surface area (Å²) in [6.07, 6.45) is 1.22. The predicted molar refractivity (Wildman–Crippen MR) is 82.9 cm³/mol. The van der Waals surface area contributed by atoms with Gasteiger partial charge in [0.2, 0.25) is 0 Å². The molecule has 0 spiro atoms. The number of hydrogen-bond acceptors (Lipinski definition) is 2. The molecule has 0 bridgehead atoms. The van der Waals surface area contributed by atoms with Crippen molar-refractivity contribution in [1.82, 2.24) is 20.0 Å². The van der Waals surface area contributed by atoms with Crippen LogP contribution in [0.15, 0.2) is 4.99 Å². The van der Waals surface area contributed by atoms with Crippen LogP contribution in [0.5, 0.6) is 0 Å². The fourth-order valence-electron chi connectivity index (χ4n) is 2.87. The van der Waals surface area contributed by atoms with E-state index in [9.17, 15) is 0 Å². The van der Waals surface area contributed by atoms with Crippen molar-refractivity contribution in [2.75, 3.05) is 20.1 Å². The van der Waals surface area contributed by atoms with Gasteiger partial charge in [0, 0.05) is 45.0 Å². The molecule has 1 aromatic rings. The first-order valence-electron chi connectivity index (χ1n) is 7.29. The van der Waals surface area contributed by atoms with Crippen molar-refractivity contribution in [2.24, 2.45) is 17.5 Å². The summed E-state index contributed by atoms with van der Waals surface area (Å²) in [7, 11) is 3.85. The minimum atomic E-state index is 0.387. The van der Waals surface area contributed by atoms with E-state index in [0.29, 0.717) is 5.41 Å². The molecule has 0 saturated carbocycles. The Morgan fingerprint density at radius 1 is 1.40 bits per heavy atom. The highest BCUT2D eigenvalue weighted by Gasteiger charge is 2.30. The van der Waals surface area contributed by atoms with E-state index in [0.717, 1.165) is 31.3 Å². The highest BCUT2D eigenvalue weighted by Crippen LogP contribution is 2.28. The molecule has 0 unspecified atom stereocenters. The molecule has 0 aliphatic carbocycles. The molecule has 112 valence electrons. The predicted octanol–water partition coefficient (Wildman–Crippen LogP) is 1.84. The van der Waals surface area contributed by atoms with Gasteiger partial charge in [-0.05, 0) is 25.7 Å². The van der Waals surface area contributed by atoms with Gasteiger partial charge in [0.1, 0.15) is 0 Å². The van der Waals surface area contributed by atoms with Gasteiger partial charge >= 0.3 is 0 Å². The van der Waals surface area contributed by atoms with E-state index in [4.69, 9.17) is 0 Å². The topological polar surface area (TPSA) is 45.5 Å². The smallest absolute Gasteiger partial charge is 0.193 e. The largest absolute Gasteiger partial charge is 0.352 e. The number of nitrogens with one attached hydrogen (secondary N) is 1. The lowest BCUT2D eigenvalue weighted by Crippen LogP contribution is -2.40. The van der Waals surface area contributed by atoms with Crippen LogP contribution in [0, 0.1) is 19.3 Å². The van der Waals surface area contributed by atoms with E-state index < -0.39 is 0 Å². The van der Waals surface area contributed by atoms with Gasteiger partial charge in [0.25, 0.3) is 0 Å². The number of aryl methyl sites for hydroxylation is 2. The summed E-state index contributed by atoms with van der Waals surface area (Å²) in [6.45, 7) is 11.7. The Balaban J connectivity index is 2.02. The van der Waals surface area contributed by atoms with Crippen LogP contribution in [0.2, 0.25) is 0 Å². The van der Waals surface area contributed by atoms with Crippen molar-refractivity contribution in [3.8, 4) is 0 Å². The maximum Gasteiger partial charge on any atom is 0.193 e. The van der Waals surface area contributed by atoms with E-state index >= 15 is 0 Å². The Kier molecular flexibility index (Phi) is 4.06. The standard InChI is InChI=1S/C15H27N5/c1-11-13(12(2)19(6)18-11)9-17-14(16-5)20-8-7-15(3,4)10-20/h7-10H2,1-6H3,(H,16,17). The first-order chi connectivity index (χ1) is 9.34. The first-order valence-corrected chi connectivity index (χ1v) is 7.29. The monoisotopic (exact) mass is 277 g/mol. The number of nitrogens with zero attached hydrogens (tertiary/aromatic N) is 4. The maximum atomic E-state index is 4.46. The van der Waals surface area contributed by atoms with E-state index in [2.05, 4.69) is 48.0 Å². The third kappa shape index (κ3) is 2.97. The Morgan fingerprint density at radius 2 is 2.10 bits per heavy atom. The zero-order chi connectivity index (χ0) is 14.9. The summed E-state index contributed by atoms with van der Waals surface area (Å²) in [5, 5.41) is 7.94. The molecule has 1 aromatic heterocycles. The van der Waals surface area contributed by atoms with Crippen LogP contribution in [0.3, 0.4) is 0 Å². The fourth-order valence-corrected chi connectivity index (χ4v) is 2.87. The second-order valence-corrected chi connectivity index (χ2v) is 6.51. The quantitative estimate of drug-likeness (QED) is 0.663. The zero-order valence-electron chi connectivity index (χ0n) is 13.6. The number of likely N-dealkylation sites (tertiary alicyclic amines) is 1. The lowest BCUT2D eigenvalue weighted by molar-refractivity contribution is 0.370. The molecule has 20 heavy (non-hydrogen) atoms. The van der Waals surface area contributed by atoms with Crippen molar-refractivity contribution in [3.63, 3.8) is 0 Å². The lowest BCUT2D eigenvalue weighted by Gasteiger charge is -2.23. The highest BCUT2D eigenvalue weighted by atomic mass is 15.3. The van der Waals surface area contributed by atoms with Crippen LogP contribution in [-0.2, 0) is 13.6 Å². The Hall–Kier alpha value is -1.52. The lowest BCUT2D eigenvalue weighted by atomic mass is 9.93. The van der Waals surface area contributed by atoms with Crippen LogP contribution >= 0.6 is 0 Å². The SMILES string of the molecule is CN=C(NCc1c(C)nn(C)c1C)N1CCC(C)(C)C1. The Labute approximate surface area is 122 Å². The Morgan fingerprint density at radius 3 is 2.55 bits per heavy atom. The number of guanidine groups is 1. The zero-order valence-corrected chi connectivity index (χ0v) is 13.6. The number of aliphatic imine (C=N–C) groups is 1. The summed E-state index contributed by atoms with van der Waals surface area (Å²) < 4.78 is 1.94. The summed E-state index contributed by atoms with van der Waals surface area (Å²) in [5.74, 6) is 0.998. The van der Waals surface area contributed by atoms with Gasteiger partial charge in [0.05, 0.1) is 5.69 Å². The molecule has 2 rings (SSSR count). The van der Waals surface area contributed by atoms with Crippen molar-refractivity contribution in [3.05, 3.63) is 17.0 Å². The number of aromatic nitrogens is 2. The van der Waals surface area contributed by atoms with Crippen LogP contribution in [-0.4, -0.2) is 40.8 Å². The molecule has 1 aliphatic heterocycles. The van der Waals surface area contributed by atoms with E-state index in [-0.39, 0.29) is 0 Å². The Bertz CT molecular complexity index is 513. The molecular weight excluding hydrogens is 250 g/mol. The van der Waals surface area contributed by atoms with Crippen molar-refractivity contribution >= 4 is 5.96 Å². The van der Waals surface area contributed by atoms with E-state index in [1.54, 1.807) is 0 Å². The third-order valence-electron chi connectivity index (χ3n) is 4.27. The molecule has 5 nitrogen and oxygen atoms in total. The van der Waals surface area contributed by atoms with E-state index in [1.807, 2.05) is 18.8 Å². The second kappa shape index (κ2) is 5.46. The van der Waals surface area contributed by atoms with Gasteiger partial charge in [-0.2, -0.15) is 5.10 Å². The van der Waals surface area contributed by atoms with Gasteiger partial charge in [-0.3, -0.25) is 9.67 Å². The molecule has 0 aromatic carbocycles. The molecule has 1 aliphatic rings. The average molecular weight is 277 g/mol. The van der Waals surface area contributed by atoms with Gasteiger partial charge in [-0.25, -0.2) is 0 Å². The molecule has 2 heterocycles. The number of hydrogen-bond donors (Lipinski definition) is 1. The molecule has 5 heteroatoms. The molecule has 0 amide bonds. The fraction of sp³-hybridized carbons (Fsp3) is 0.733. The summed E-state index contributed by atoms with van der Waals surface area (Å²) >= 11 is 0. The van der Waals surface area contributed by atoms with Crippen LogP contribution in [0.4, 0.5) is 0 Å². The van der Waals surface area contributed by atoms with Gasteiger partial charge in [-0.1, -0.05) is 13.8 Å². The first kappa shape index (κ1) is 14.9. The molecule has 0 atom stereocenters. The molecule has 1 fully saturated rings. The minimum absolute atomic E-state index is 0.387. The normalized spacial score (nSPS) is 18.7. The van der Waals surface area contributed by atoms with Crippen LogP contribution < -0.4 is 5.32 Å². The van der Waals surface area contributed by atoms with E-state index in [1.165, 1.54) is 17.7 Å². The molecule has 0 radical (unpaired) electrons. The van der Waals surface area contributed by atoms with Gasteiger partial charge < -0.3 is 10.2 Å². The van der Waals surface area contributed by atoms with Crippen molar-refractivity contribution in [2.45, 2.75) is 40.7 Å². The van der Waals surface area contributed by atoms with Crippen molar-refractivity contribution in [1.29, 1.82) is 0 Å². The summed E-state index contributed by atoms with van der Waals surface area (Å²) in [5.41, 5.74) is 3.96. The van der Waals surface area contributed by atoms with Crippen molar-refractivity contribution < 1.29 is 0 Å². The average Bonchev–Trinajstić information content (AvgIpc) is 2.84. The minimum Gasteiger partial charge on any atom is -0.352 e. The maximum absolute atomic E-state index is 4.46. The van der Waals surface area contributed by atoms with Crippen LogP contribution in [0.25, 0.3) is 0 Å². The van der Waals surface area contributed by atoms with Gasteiger partial charge in [0.15, 0.2) is 5.96 Å². The molecule has 1 saturated heterocycles. The highest BCUT2D eigenvalue weighted by molar-refractivity contribution is 5.80. The second-order valence-electron chi connectivity index (χ2n) is 6.51. The number of rotatable bonds is 2. The third-order valence-corrected chi connectivity index (χ3v) is 4.27. The van der Waals surface area contributed by atoms with Gasteiger partial charge in [-0.15, -0.1) is 0 Å². The summed E-state index contributed by atoms with van der Waals surface area (Å²) in [4.78, 5) is 6.77.